The number of halogens is 3. The van der Waals surface area contributed by atoms with E-state index >= 15 is 0 Å². The molecule has 0 amide bonds. The van der Waals surface area contributed by atoms with Gasteiger partial charge < -0.3 is 0 Å². The summed E-state index contributed by atoms with van der Waals surface area (Å²) >= 11 is 3.01. The quantitative estimate of drug-likeness (QED) is 0.517. The lowest BCUT2D eigenvalue weighted by atomic mass is 10.0. The summed E-state index contributed by atoms with van der Waals surface area (Å²) in [5.74, 6) is 3.96. The van der Waals surface area contributed by atoms with Crippen LogP contribution in [0, 0.1) is 11.6 Å². The van der Waals surface area contributed by atoms with Crippen molar-refractivity contribution in [2.75, 3.05) is 0 Å². The van der Waals surface area contributed by atoms with Crippen molar-refractivity contribution in [3.05, 3.63) is 58.1 Å². The number of nitrogens with one attached hydrogen (secondary N) is 1. The number of aromatic nitrogens is 2. The second-order valence-corrected chi connectivity index (χ2v) is 4.35. The molecule has 0 fully saturated rings. The minimum Gasteiger partial charge on any atom is -0.271 e. The fraction of sp³-hybridized carbons (Fsp3) is 0.0909. The summed E-state index contributed by atoms with van der Waals surface area (Å²) in [5, 5.41) is 0. The van der Waals surface area contributed by atoms with E-state index in [4.69, 9.17) is 5.84 Å². The molecule has 2 aromatic rings. The van der Waals surface area contributed by atoms with Crippen LogP contribution in [0.15, 0.2) is 35.2 Å². The van der Waals surface area contributed by atoms with Crippen molar-refractivity contribution in [1.82, 2.24) is 15.4 Å². The van der Waals surface area contributed by atoms with Crippen molar-refractivity contribution in [2.45, 2.75) is 6.04 Å². The third-order valence-corrected chi connectivity index (χ3v) is 3.05. The van der Waals surface area contributed by atoms with Crippen LogP contribution in [0.5, 0.6) is 0 Å². The molecule has 1 atom stereocenters. The van der Waals surface area contributed by atoms with Crippen LogP contribution in [0.3, 0.4) is 0 Å². The van der Waals surface area contributed by atoms with Crippen LogP contribution >= 0.6 is 15.9 Å². The van der Waals surface area contributed by atoms with Gasteiger partial charge in [-0.05, 0) is 34.1 Å². The van der Waals surface area contributed by atoms with Gasteiger partial charge in [-0.3, -0.25) is 5.84 Å². The van der Waals surface area contributed by atoms with E-state index < -0.39 is 17.7 Å². The number of nitrogens with two attached hydrogens (primary N) is 1. The minimum atomic E-state index is -0.884. The number of nitrogens with zero attached hydrogens (tertiary/aromatic N) is 2. The van der Waals surface area contributed by atoms with Crippen molar-refractivity contribution in [3.63, 3.8) is 0 Å². The van der Waals surface area contributed by atoms with Gasteiger partial charge in [-0.15, -0.1) is 0 Å². The molecular formula is C11H9BrF2N4. The molecule has 1 aromatic heterocycles. The Hall–Kier alpha value is -1.44. The SMILES string of the molecule is NNC(c1ccncn1)c1c(F)ccc(Br)c1F. The fourth-order valence-electron chi connectivity index (χ4n) is 1.60. The van der Waals surface area contributed by atoms with Crippen LogP contribution in [0.25, 0.3) is 0 Å². The maximum atomic E-state index is 14.0. The van der Waals surface area contributed by atoms with E-state index in [1.807, 2.05) is 0 Å². The van der Waals surface area contributed by atoms with Crippen molar-refractivity contribution >= 4 is 15.9 Å². The molecule has 94 valence electrons. The van der Waals surface area contributed by atoms with Crippen molar-refractivity contribution in [2.24, 2.45) is 5.84 Å². The molecule has 0 saturated carbocycles. The minimum absolute atomic E-state index is 0.160. The molecule has 0 saturated heterocycles. The molecule has 0 aliphatic rings. The fourth-order valence-corrected chi connectivity index (χ4v) is 1.94. The van der Waals surface area contributed by atoms with E-state index in [1.54, 1.807) is 0 Å². The lowest BCUT2D eigenvalue weighted by Gasteiger charge is -2.17. The largest absolute Gasteiger partial charge is 0.271 e. The van der Waals surface area contributed by atoms with Gasteiger partial charge in [-0.2, -0.15) is 0 Å². The second kappa shape index (κ2) is 5.47. The van der Waals surface area contributed by atoms with Gasteiger partial charge in [0.15, 0.2) is 0 Å². The number of rotatable bonds is 3. The Morgan fingerprint density at radius 3 is 2.67 bits per heavy atom. The first-order chi connectivity index (χ1) is 8.65. The third kappa shape index (κ3) is 2.38. The van der Waals surface area contributed by atoms with E-state index in [2.05, 4.69) is 31.3 Å². The highest BCUT2D eigenvalue weighted by Gasteiger charge is 2.23. The van der Waals surface area contributed by atoms with Gasteiger partial charge in [0.05, 0.1) is 16.2 Å². The predicted octanol–water partition coefficient (Wildman–Crippen LogP) is 2.07. The normalized spacial score (nSPS) is 12.4. The first-order valence-electron chi connectivity index (χ1n) is 5.00. The first kappa shape index (κ1) is 13.0. The number of hydrazine groups is 1. The summed E-state index contributed by atoms with van der Waals surface area (Å²) in [6.07, 6.45) is 2.76. The summed E-state index contributed by atoms with van der Waals surface area (Å²) in [5.41, 5.74) is 2.54. The summed E-state index contributed by atoms with van der Waals surface area (Å²) in [6, 6.07) is 3.10. The Kier molecular flexibility index (Phi) is 3.95. The molecule has 0 aliphatic heterocycles. The van der Waals surface area contributed by atoms with Crippen LogP contribution in [0.1, 0.15) is 17.3 Å². The molecular weight excluding hydrogens is 306 g/mol. The smallest absolute Gasteiger partial charge is 0.145 e. The Labute approximate surface area is 110 Å². The Morgan fingerprint density at radius 1 is 1.28 bits per heavy atom. The average Bonchev–Trinajstić information content (AvgIpc) is 2.40. The standard InChI is InChI=1S/C11H9BrF2N4/c12-6-1-2-7(13)9(10(6)14)11(18-15)8-3-4-16-5-17-8/h1-5,11,18H,15H2. The van der Waals surface area contributed by atoms with Crippen molar-refractivity contribution in [3.8, 4) is 0 Å². The molecule has 0 radical (unpaired) electrons. The number of benzene rings is 1. The molecule has 0 spiro atoms. The molecule has 18 heavy (non-hydrogen) atoms. The lowest BCUT2D eigenvalue weighted by Crippen LogP contribution is -2.31. The maximum absolute atomic E-state index is 14.0. The van der Waals surface area contributed by atoms with Gasteiger partial charge in [0.25, 0.3) is 0 Å². The zero-order valence-corrected chi connectivity index (χ0v) is 10.7. The molecule has 0 bridgehead atoms. The average molecular weight is 315 g/mol. The predicted molar refractivity (Wildman–Crippen MR) is 65.3 cm³/mol. The topological polar surface area (TPSA) is 63.8 Å². The maximum Gasteiger partial charge on any atom is 0.145 e. The Balaban J connectivity index is 2.56. The molecule has 7 heteroatoms. The first-order valence-corrected chi connectivity index (χ1v) is 5.80. The summed E-state index contributed by atoms with van der Waals surface area (Å²) in [7, 11) is 0. The van der Waals surface area contributed by atoms with Crippen LogP contribution in [0.2, 0.25) is 0 Å². The highest BCUT2D eigenvalue weighted by Crippen LogP contribution is 2.29. The van der Waals surface area contributed by atoms with E-state index in [-0.39, 0.29) is 10.0 Å². The van der Waals surface area contributed by atoms with Crippen LogP contribution in [-0.4, -0.2) is 9.97 Å². The number of hydrogen-bond donors (Lipinski definition) is 2. The van der Waals surface area contributed by atoms with E-state index in [9.17, 15) is 8.78 Å². The highest BCUT2D eigenvalue weighted by molar-refractivity contribution is 9.10. The van der Waals surface area contributed by atoms with Crippen LogP contribution < -0.4 is 11.3 Å². The second-order valence-electron chi connectivity index (χ2n) is 3.49. The molecule has 1 aromatic carbocycles. The summed E-state index contributed by atoms with van der Waals surface area (Å²) in [4.78, 5) is 7.68. The summed E-state index contributed by atoms with van der Waals surface area (Å²) < 4.78 is 27.9. The van der Waals surface area contributed by atoms with Crippen molar-refractivity contribution in [1.29, 1.82) is 0 Å². The van der Waals surface area contributed by atoms with E-state index in [0.717, 1.165) is 6.07 Å². The van der Waals surface area contributed by atoms with E-state index in [0.29, 0.717) is 5.69 Å². The van der Waals surface area contributed by atoms with Gasteiger partial charge in [-0.1, -0.05) is 0 Å². The Morgan fingerprint density at radius 2 is 2.06 bits per heavy atom. The number of hydrogen-bond acceptors (Lipinski definition) is 4. The van der Waals surface area contributed by atoms with Gasteiger partial charge >= 0.3 is 0 Å². The van der Waals surface area contributed by atoms with Gasteiger partial charge in [0.1, 0.15) is 18.0 Å². The Bertz CT molecular complexity index is 550. The molecule has 1 unspecified atom stereocenters. The molecule has 2 rings (SSSR count). The monoisotopic (exact) mass is 314 g/mol. The molecule has 0 aliphatic carbocycles. The highest BCUT2D eigenvalue weighted by atomic mass is 79.9. The van der Waals surface area contributed by atoms with E-state index in [1.165, 1.54) is 24.7 Å². The molecule has 4 nitrogen and oxygen atoms in total. The third-order valence-electron chi connectivity index (χ3n) is 2.44. The van der Waals surface area contributed by atoms with Crippen LogP contribution in [0.4, 0.5) is 8.78 Å². The van der Waals surface area contributed by atoms with Crippen LogP contribution in [-0.2, 0) is 0 Å². The van der Waals surface area contributed by atoms with Gasteiger partial charge in [0.2, 0.25) is 0 Å². The molecule has 3 N–H and O–H groups in total. The molecule has 1 heterocycles. The lowest BCUT2D eigenvalue weighted by molar-refractivity contribution is 0.502. The van der Waals surface area contributed by atoms with Gasteiger partial charge in [0, 0.05) is 11.8 Å². The van der Waals surface area contributed by atoms with Crippen molar-refractivity contribution < 1.29 is 8.78 Å². The zero-order chi connectivity index (χ0) is 13.1. The van der Waals surface area contributed by atoms with Gasteiger partial charge in [-0.25, -0.2) is 24.2 Å². The summed E-state index contributed by atoms with van der Waals surface area (Å²) in [6.45, 7) is 0. The zero-order valence-electron chi connectivity index (χ0n) is 9.07.